The zero-order valence-corrected chi connectivity index (χ0v) is 9.38. The number of piperidine rings is 1. The monoisotopic (exact) mass is 220 g/mol. The van der Waals surface area contributed by atoms with Crippen molar-refractivity contribution in [3.05, 3.63) is 29.6 Å². The van der Waals surface area contributed by atoms with Gasteiger partial charge in [0.25, 0.3) is 0 Å². The normalized spacial score (nSPS) is 27.7. The van der Waals surface area contributed by atoms with Crippen molar-refractivity contribution >= 4 is 0 Å². The molecule has 0 saturated carbocycles. The lowest BCUT2D eigenvalue weighted by Gasteiger charge is -2.35. The van der Waals surface area contributed by atoms with Gasteiger partial charge in [0.15, 0.2) is 0 Å². The molecule has 3 heteroatoms. The first-order valence-electron chi connectivity index (χ1n) is 6.13. The van der Waals surface area contributed by atoms with Gasteiger partial charge in [-0.2, -0.15) is 0 Å². The molecule has 2 nitrogen and oxygen atoms in total. The maximum absolute atomic E-state index is 14.9. The molecule has 16 heavy (non-hydrogen) atoms. The highest BCUT2D eigenvalue weighted by Crippen LogP contribution is 2.45. The fourth-order valence-corrected chi connectivity index (χ4v) is 3.11. The first-order chi connectivity index (χ1) is 7.80. The summed E-state index contributed by atoms with van der Waals surface area (Å²) in [7, 11) is 0. The molecular formula is C13H17FN2. The molecule has 0 bridgehead atoms. The molecule has 1 aromatic heterocycles. The van der Waals surface area contributed by atoms with Crippen LogP contribution in [0.2, 0.25) is 0 Å². The van der Waals surface area contributed by atoms with Crippen LogP contribution in [0.5, 0.6) is 0 Å². The Balaban J connectivity index is 1.91. The van der Waals surface area contributed by atoms with Gasteiger partial charge in [-0.25, -0.2) is 4.39 Å². The van der Waals surface area contributed by atoms with Crippen molar-refractivity contribution in [1.29, 1.82) is 0 Å². The van der Waals surface area contributed by atoms with Gasteiger partial charge in [0.05, 0.1) is 0 Å². The standard InChI is InChI=1S/C13H17FN2/c14-13(5-8-15-9-6-13)11-4-3-10-2-1-7-16-12(10)11/h1-2,7,11,15H,3-6,8-9H2. The average molecular weight is 220 g/mol. The number of hydrogen-bond donors (Lipinski definition) is 1. The van der Waals surface area contributed by atoms with Crippen LogP contribution in [0.25, 0.3) is 0 Å². The van der Waals surface area contributed by atoms with Crippen LogP contribution >= 0.6 is 0 Å². The van der Waals surface area contributed by atoms with Gasteiger partial charge < -0.3 is 5.32 Å². The van der Waals surface area contributed by atoms with E-state index in [2.05, 4.69) is 16.4 Å². The third kappa shape index (κ3) is 1.54. The number of pyridine rings is 1. The Kier molecular flexibility index (Phi) is 2.43. The lowest BCUT2D eigenvalue weighted by molar-refractivity contribution is 0.0801. The predicted octanol–water partition coefficient (Wildman–Crippen LogP) is 2.20. The zero-order valence-electron chi connectivity index (χ0n) is 9.38. The molecule has 1 fully saturated rings. The van der Waals surface area contributed by atoms with Crippen molar-refractivity contribution in [3.8, 4) is 0 Å². The van der Waals surface area contributed by atoms with Crippen molar-refractivity contribution in [2.45, 2.75) is 37.3 Å². The number of nitrogens with zero attached hydrogens (tertiary/aromatic N) is 1. The molecule has 1 saturated heterocycles. The van der Waals surface area contributed by atoms with E-state index in [1.54, 1.807) is 6.20 Å². The molecule has 1 unspecified atom stereocenters. The first-order valence-corrected chi connectivity index (χ1v) is 6.13. The van der Waals surface area contributed by atoms with Gasteiger partial charge in [-0.05, 0) is 50.4 Å². The van der Waals surface area contributed by atoms with Crippen molar-refractivity contribution in [3.63, 3.8) is 0 Å². The second-order valence-corrected chi connectivity index (χ2v) is 4.92. The van der Waals surface area contributed by atoms with Crippen LogP contribution in [0.1, 0.15) is 36.4 Å². The Labute approximate surface area is 95.3 Å². The molecular weight excluding hydrogens is 203 g/mol. The van der Waals surface area contributed by atoms with Crippen LogP contribution in [-0.4, -0.2) is 23.7 Å². The largest absolute Gasteiger partial charge is 0.316 e. The lowest BCUT2D eigenvalue weighted by atomic mass is 9.80. The van der Waals surface area contributed by atoms with E-state index in [4.69, 9.17) is 0 Å². The lowest BCUT2D eigenvalue weighted by Crippen LogP contribution is -2.42. The van der Waals surface area contributed by atoms with E-state index >= 15 is 0 Å². The number of nitrogens with one attached hydrogen (secondary N) is 1. The van der Waals surface area contributed by atoms with E-state index in [1.807, 2.05) is 6.07 Å². The molecule has 0 amide bonds. The molecule has 2 aliphatic rings. The van der Waals surface area contributed by atoms with Crippen molar-refractivity contribution in [1.82, 2.24) is 10.3 Å². The fraction of sp³-hybridized carbons (Fsp3) is 0.615. The van der Waals surface area contributed by atoms with E-state index in [0.29, 0.717) is 12.8 Å². The minimum Gasteiger partial charge on any atom is -0.316 e. The van der Waals surface area contributed by atoms with Crippen LogP contribution in [-0.2, 0) is 6.42 Å². The number of aromatic nitrogens is 1. The van der Waals surface area contributed by atoms with Crippen LogP contribution < -0.4 is 5.32 Å². The Morgan fingerprint density at radius 2 is 2.19 bits per heavy atom. The van der Waals surface area contributed by atoms with E-state index in [9.17, 15) is 4.39 Å². The van der Waals surface area contributed by atoms with Gasteiger partial charge in [0.2, 0.25) is 0 Å². The number of aryl methyl sites for hydroxylation is 1. The number of hydrogen-bond acceptors (Lipinski definition) is 2. The Morgan fingerprint density at radius 1 is 1.38 bits per heavy atom. The molecule has 1 aliphatic carbocycles. The summed E-state index contributed by atoms with van der Waals surface area (Å²) >= 11 is 0. The summed E-state index contributed by atoms with van der Waals surface area (Å²) in [4.78, 5) is 4.40. The number of halogens is 1. The maximum Gasteiger partial charge on any atom is 0.121 e. The molecule has 2 heterocycles. The Bertz CT molecular complexity index is 385. The summed E-state index contributed by atoms with van der Waals surface area (Å²) < 4.78 is 14.9. The molecule has 1 aromatic rings. The van der Waals surface area contributed by atoms with Gasteiger partial charge in [-0.1, -0.05) is 6.07 Å². The van der Waals surface area contributed by atoms with E-state index in [1.165, 1.54) is 5.56 Å². The average Bonchev–Trinajstić information content (AvgIpc) is 2.74. The smallest absolute Gasteiger partial charge is 0.121 e. The van der Waals surface area contributed by atoms with Crippen LogP contribution in [0, 0.1) is 0 Å². The SMILES string of the molecule is FC1(C2CCc3cccnc32)CCNCC1. The second-order valence-electron chi connectivity index (χ2n) is 4.92. The van der Waals surface area contributed by atoms with Gasteiger partial charge in [-0.15, -0.1) is 0 Å². The molecule has 86 valence electrons. The molecule has 0 radical (unpaired) electrons. The highest BCUT2D eigenvalue weighted by Gasteiger charge is 2.44. The number of alkyl halides is 1. The van der Waals surface area contributed by atoms with Crippen LogP contribution in [0.4, 0.5) is 4.39 Å². The van der Waals surface area contributed by atoms with Crippen molar-refractivity contribution < 1.29 is 4.39 Å². The quantitative estimate of drug-likeness (QED) is 0.785. The highest BCUT2D eigenvalue weighted by atomic mass is 19.1. The van der Waals surface area contributed by atoms with Crippen molar-refractivity contribution in [2.75, 3.05) is 13.1 Å². The summed E-state index contributed by atoms with van der Waals surface area (Å²) in [5, 5.41) is 3.23. The van der Waals surface area contributed by atoms with Crippen LogP contribution in [0.3, 0.4) is 0 Å². The minimum absolute atomic E-state index is 0.0331. The molecule has 1 aliphatic heterocycles. The molecule has 0 aromatic carbocycles. The Morgan fingerprint density at radius 3 is 3.00 bits per heavy atom. The summed E-state index contributed by atoms with van der Waals surface area (Å²) in [6.07, 6.45) is 4.98. The predicted molar refractivity (Wildman–Crippen MR) is 61.2 cm³/mol. The number of fused-ring (bicyclic) bond motifs is 1. The minimum atomic E-state index is -1.02. The Hall–Kier alpha value is -0.960. The number of rotatable bonds is 1. The summed E-state index contributed by atoms with van der Waals surface area (Å²) in [5.74, 6) is 0.0331. The zero-order chi connectivity index (χ0) is 11.0. The molecule has 3 rings (SSSR count). The van der Waals surface area contributed by atoms with Crippen molar-refractivity contribution in [2.24, 2.45) is 0 Å². The summed E-state index contributed by atoms with van der Waals surface area (Å²) in [6.45, 7) is 1.60. The van der Waals surface area contributed by atoms with Gasteiger partial charge in [0, 0.05) is 17.8 Å². The summed E-state index contributed by atoms with van der Waals surface area (Å²) in [5.41, 5.74) is 1.25. The van der Waals surface area contributed by atoms with Gasteiger partial charge in [-0.3, -0.25) is 4.98 Å². The van der Waals surface area contributed by atoms with Gasteiger partial charge in [0.1, 0.15) is 5.67 Å². The van der Waals surface area contributed by atoms with Gasteiger partial charge >= 0.3 is 0 Å². The highest BCUT2D eigenvalue weighted by molar-refractivity contribution is 5.31. The molecule has 0 spiro atoms. The maximum atomic E-state index is 14.9. The fourth-order valence-electron chi connectivity index (χ4n) is 3.11. The third-order valence-corrected chi connectivity index (χ3v) is 4.02. The van der Waals surface area contributed by atoms with E-state index in [0.717, 1.165) is 31.6 Å². The van der Waals surface area contributed by atoms with Crippen LogP contribution in [0.15, 0.2) is 18.3 Å². The van der Waals surface area contributed by atoms with E-state index < -0.39 is 5.67 Å². The summed E-state index contributed by atoms with van der Waals surface area (Å²) in [6, 6.07) is 4.04. The molecule has 1 atom stereocenters. The first kappa shape index (κ1) is 10.2. The third-order valence-electron chi connectivity index (χ3n) is 4.02. The topological polar surface area (TPSA) is 24.9 Å². The van der Waals surface area contributed by atoms with E-state index in [-0.39, 0.29) is 5.92 Å². The second kappa shape index (κ2) is 3.81. The molecule has 1 N–H and O–H groups in total.